The molecule has 0 fully saturated rings. The van der Waals surface area contributed by atoms with Gasteiger partial charge in [-0.3, -0.25) is 19.7 Å². The lowest BCUT2D eigenvalue weighted by atomic mass is 9.89. The number of nitrogens with zero attached hydrogens (tertiary/aromatic N) is 3. The molecule has 0 radical (unpaired) electrons. The van der Waals surface area contributed by atoms with E-state index >= 15 is 0 Å². The molecule has 3 aromatic rings. The number of benzene rings is 3. The lowest BCUT2D eigenvalue weighted by Gasteiger charge is -2.43. The average molecular weight is 429 g/mol. The summed E-state index contributed by atoms with van der Waals surface area (Å²) in [6.07, 6.45) is 0.498. The molecular formula is C25H23N3O4. The lowest BCUT2D eigenvalue weighted by Crippen LogP contribution is -2.47. The predicted octanol–water partition coefficient (Wildman–Crippen LogP) is 5.13. The molecule has 3 aromatic carbocycles. The topological polar surface area (TPSA) is 83.8 Å². The molecule has 2 unspecified atom stereocenters. The van der Waals surface area contributed by atoms with Crippen LogP contribution in [0.2, 0.25) is 0 Å². The first-order chi connectivity index (χ1) is 15.4. The Morgan fingerprint density at radius 1 is 1.00 bits per heavy atom. The molecule has 162 valence electrons. The van der Waals surface area contributed by atoms with Crippen molar-refractivity contribution in [1.29, 1.82) is 0 Å². The maximum atomic E-state index is 13.7. The molecule has 1 aliphatic heterocycles. The number of carbonyl (C=O) groups excluding carboxylic acids is 2. The van der Waals surface area contributed by atoms with Crippen LogP contribution in [0.5, 0.6) is 0 Å². The number of nitro benzene ring substituents is 1. The largest absolute Gasteiger partial charge is 0.309 e. The highest BCUT2D eigenvalue weighted by Crippen LogP contribution is 2.43. The minimum Gasteiger partial charge on any atom is -0.309 e. The van der Waals surface area contributed by atoms with Gasteiger partial charge in [-0.15, -0.1) is 0 Å². The molecule has 2 atom stereocenters. The summed E-state index contributed by atoms with van der Waals surface area (Å²) in [5.41, 5.74) is 2.42. The van der Waals surface area contributed by atoms with Crippen molar-refractivity contribution in [2.24, 2.45) is 0 Å². The van der Waals surface area contributed by atoms with E-state index < -0.39 is 11.0 Å². The van der Waals surface area contributed by atoms with E-state index in [2.05, 4.69) is 0 Å². The van der Waals surface area contributed by atoms with Crippen molar-refractivity contribution in [3.63, 3.8) is 0 Å². The van der Waals surface area contributed by atoms with Crippen molar-refractivity contribution in [3.05, 3.63) is 100 Å². The number of para-hydroxylation sites is 1. The fraction of sp³-hybridized carbons (Fsp3) is 0.200. The summed E-state index contributed by atoms with van der Waals surface area (Å²) in [5, 5.41) is 11.4. The van der Waals surface area contributed by atoms with Crippen molar-refractivity contribution in [1.82, 2.24) is 0 Å². The van der Waals surface area contributed by atoms with Crippen LogP contribution in [0, 0.1) is 10.1 Å². The van der Waals surface area contributed by atoms with Crippen LogP contribution < -0.4 is 9.80 Å². The van der Waals surface area contributed by atoms with Gasteiger partial charge in [0.2, 0.25) is 5.91 Å². The third-order valence-corrected chi connectivity index (χ3v) is 5.77. The van der Waals surface area contributed by atoms with E-state index in [0.29, 0.717) is 17.7 Å². The van der Waals surface area contributed by atoms with Gasteiger partial charge < -0.3 is 9.80 Å². The Balaban J connectivity index is 1.89. The number of nitro groups is 1. The highest BCUT2D eigenvalue weighted by Gasteiger charge is 2.38. The summed E-state index contributed by atoms with van der Waals surface area (Å²) in [4.78, 5) is 40.4. The van der Waals surface area contributed by atoms with Crippen LogP contribution in [0.15, 0.2) is 78.9 Å². The minimum absolute atomic E-state index is 0.0697. The van der Waals surface area contributed by atoms with Crippen LogP contribution in [-0.4, -0.2) is 22.8 Å². The molecule has 4 rings (SSSR count). The highest BCUT2D eigenvalue weighted by molar-refractivity contribution is 6.07. The molecule has 2 amide bonds. The number of hydrogen-bond donors (Lipinski definition) is 0. The van der Waals surface area contributed by atoms with Crippen LogP contribution >= 0.6 is 0 Å². The molecule has 32 heavy (non-hydrogen) atoms. The van der Waals surface area contributed by atoms with Gasteiger partial charge in [-0.1, -0.05) is 42.5 Å². The molecule has 7 heteroatoms. The van der Waals surface area contributed by atoms with E-state index in [0.717, 1.165) is 11.3 Å². The zero-order chi connectivity index (χ0) is 22.8. The van der Waals surface area contributed by atoms with Gasteiger partial charge in [0.05, 0.1) is 16.7 Å². The molecule has 0 saturated heterocycles. The smallest absolute Gasteiger partial charge is 0.271 e. The third-order valence-electron chi connectivity index (χ3n) is 5.77. The maximum Gasteiger partial charge on any atom is 0.271 e. The molecule has 1 aliphatic rings. The number of carbonyl (C=O) groups is 2. The fourth-order valence-electron chi connectivity index (χ4n) is 4.42. The lowest BCUT2D eigenvalue weighted by molar-refractivity contribution is -0.384. The van der Waals surface area contributed by atoms with E-state index in [1.54, 1.807) is 46.2 Å². The second-order valence-electron chi connectivity index (χ2n) is 7.87. The van der Waals surface area contributed by atoms with Gasteiger partial charge in [-0.2, -0.15) is 0 Å². The van der Waals surface area contributed by atoms with E-state index in [1.807, 2.05) is 37.3 Å². The summed E-state index contributed by atoms with van der Waals surface area (Å²) in [6.45, 7) is 3.48. The van der Waals surface area contributed by atoms with E-state index in [-0.39, 0.29) is 23.5 Å². The molecule has 0 aromatic heterocycles. The Hall–Kier alpha value is -4.00. The molecule has 0 N–H and O–H groups in total. The molecule has 7 nitrogen and oxygen atoms in total. The maximum absolute atomic E-state index is 13.7. The van der Waals surface area contributed by atoms with Gasteiger partial charge in [-0.25, -0.2) is 0 Å². The zero-order valence-electron chi connectivity index (χ0n) is 17.8. The van der Waals surface area contributed by atoms with Gasteiger partial charge in [0.1, 0.15) is 0 Å². The predicted molar refractivity (Wildman–Crippen MR) is 123 cm³/mol. The van der Waals surface area contributed by atoms with Gasteiger partial charge in [0.15, 0.2) is 0 Å². The Labute approximate surface area is 186 Å². The molecular weight excluding hydrogens is 406 g/mol. The summed E-state index contributed by atoms with van der Waals surface area (Å²) < 4.78 is 0. The SMILES string of the molecule is CC(=O)N1c2ccccc2C(N(C(=O)c2ccccc2)c2cccc([N+](=O)[O-])c2)CC1C. The van der Waals surface area contributed by atoms with E-state index in [1.165, 1.54) is 19.1 Å². The number of non-ortho nitro benzene ring substituents is 1. The second-order valence-corrected chi connectivity index (χ2v) is 7.87. The Morgan fingerprint density at radius 3 is 2.38 bits per heavy atom. The van der Waals surface area contributed by atoms with Crippen molar-refractivity contribution in [2.45, 2.75) is 32.4 Å². The van der Waals surface area contributed by atoms with Crippen LogP contribution in [0.1, 0.15) is 42.2 Å². The van der Waals surface area contributed by atoms with Crippen LogP contribution in [-0.2, 0) is 4.79 Å². The first-order valence-electron chi connectivity index (χ1n) is 10.4. The second kappa shape index (κ2) is 8.63. The monoisotopic (exact) mass is 429 g/mol. The minimum atomic E-state index is -0.469. The van der Waals surface area contributed by atoms with Crippen molar-refractivity contribution >= 4 is 28.9 Å². The zero-order valence-corrected chi connectivity index (χ0v) is 17.8. The van der Waals surface area contributed by atoms with Crippen molar-refractivity contribution < 1.29 is 14.5 Å². The Bertz CT molecular complexity index is 1180. The van der Waals surface area contributed by atoms with Gasteiger partial charge >= 0.3 is 0 Å². The van der Waals surface area contributed by atoms with Crippen LogP contribution in [0.4, 0.5) is 17.1 Å². The summed E-state index contributed by atoms with van der Waals surface area (Å²) in [5.74, 6) is -0.325. The van der Waals surface area contributed by atoms with Crippen LogP contribution in [0.3, 0.4) is 0 Å². The van der Waals surface area contributed by atoms with Gasteiger partial charge in [-0.05, 0) is 43.2 Å². The van der Waals surface area contributed by atoms with Gasteiger partial charge in [0, 0.05) is 36.3 Å². The summed E-state index contributed by atoms with van der Waals surface area (Å²) >= 11 is 0. The summed E-state index contributed by atoms with van der Waals surface area (Å²) in [6, 6.07) is 21.9. The number of hydrogen-bond acceptors (Lipinski definition) is 4. The number of rotatable bonds is 4. The Kier molecular flexibility index (Phi) is 5.73. The first kappa shape index (κ1) is 21.2. The standard InChI is InChI=1S/C25H23N3O4/c1-17-15-24(22-13-6-7-14-23(22)26(17)18(2)29)27(25(30)19-9-4-3-5-10-19)20-11-8-12-21(16-20)28(31)32/h3-14,16-17,24H,15H2,1-2H3. The van der Waals surface area contributed by atoms with Crippen molar-refractivity contribution in [3.8, 4) is 0 Å². The van der Waals surface area contributed by atoms with Crippen LogP contribution in [0.25, 0.3) is 0 Å². The third kappa shape index (κ3) is 3.85. The van der Waals surface area contributed by atoms with E-state index in [4.69, 9.17) is 0 Å². The average Bonchev–Trinajstić information content (AvgIpc) is 2.79. The number of anilines is 2. The summed E-state index contributed by atoms with van der Waals surface area (Å²) in [7, 11) is 0. The quantitative estimate of drug-likeness (QED) is 0.425. The fourth-order valence-corrected chi connectivity index (χ4v) is 4.42. The number of fused-ring (bicyclic) bond motifs is 1. The highest BCUT2D eigenvalue weighted by atomic mass is 16.6. The molecule has 0 spiro atoms. The normalized spacial score (nSPS) is 17.4. The Morgan fingerprint density at radius 2 is 1.69 bits per heavy atom. The first-order valence-corrected chi connectivity index (χ1v) is 10.4. The molecule has 1 heterocycles. The molecule has 0 bridgehead atoms. The molecule has 0 aliphatic carbocycles. The van der Waals surface area contributed by atoms with Gasteiger partial charge in [0.25, 0.3) is 11.6 Å². The molecule has 0 saturated carbocycles. The van der Waals surface area contributed by atoms with Crippen molar-refractivity contribution in [2.75, 3.05) is 9.80 Å². The van der Waals surface area contributed by atoms with E-state index in [9.17, 15) is 19.7 Å². The number of amides is 2.